The van der Waals surface area contributed by atoms with Crippen LogP contribution in [0.4, 0.5) is 0 Å². The van der Waals surface area contributed by atoms with E-state index in [0.717, 1.165) is 5.69 Å². The Morgan fingerprint density at radius 3 is 3.11 bits per heavy atom. The third-order valence-electron chi connectivity index (χ3n) is 0.941. The summed E-state index contributed by atoms with van der Waals surface area (Å²) >= 11 is 0. The second-order valence-electron chi connectivity index (χ2n) is 1.69. The predicted molar refractivity (Wildman–Crippen MR) is 35.0 cm³/mol. The Morgan fingerprint density at radius 1 is 1.89 bits per heavy atom. The van der Waals surface area contributed by atoms with Gasteiger partial charge < -0.3 is 5.84 Å². The summed E-state index contributed by atoms with van der Waals surface area (Å²) in [5.41, 5.74) is 0.778. The first-order valence-electron chi connectivity index (χ1n) is 2.56. The Morgan fingerprint density at radius 2 is 2.67 bits per heavy atom. The number of hydrogen-bond donors (Lipinski definition) is 1. The number of hydrazone groups is 1. The minimum absolute atomic E-state index is 0.778. The SMILES string of the molecule is Cn1ccc(/C=N/N)n1. The van der Waals surface area contributed by atoms with Crippen LogP contribution in [0.5, 0.6) is 0 Å². The van der Waals surface area contributed by atoms with Gasteiger partial charge in [-0.25, -0.2) is 0 Å². The molecular formula is C5H8N4. The highest BCUT2D eigenvalue weighted by Gasteiger charge is 1.87. The van der Waals surface area contributed by atoms with Crippen LogP contribution in [0.2, 0.25) is 0 Å². The highest BCUT2D eigenvalue weighted by molar-refractivity contribution is 5.76. The molecule has 0 aliphatic carbocycles. The molecule has 0 atom stereocenters. The van der Waals surface area contributed by atoms with Crippen molar-refractivity contribution in [3.05, 3.63) is 18.0 Å². The molecule has 0 spiro atoms. The summed E-state index contributed by atoms with van der Waals surface area (Å²) in [5.74, 6) is 4.89. The summed E-state index contributed by atoms with van der Waals surface area (Å²) in [4.78, 5) is 0. The fourth-order valence-electron chi connectivity index (χ4n) is 0.578. The highest BCUT2D eigenvalue weighted by Crippen LogP contribution is 1.87. The molecule has 1 aromatic rings. The van der Waals surface area contributed by atoms with Gasteiger partial charge in [-0.2, -0.15) is 10.2 Å². The molecule has 0 unspecified atom stereocenters. The van der Waals surface area contributed by atoms with Gasteiger partial charge >= 0.3 is 0 Å². The molecular weight excluding hydrogens is 116 g/mol. The molecule has 2 N–H and O–H groups in total. The van der Waals surface area contributed by atoms with Crippen LogP contribution in [-0.4, -0.2) is 16.0 Å². The fraction of sp³-hybridized carbons (Fsp3) is 0.200. The molecule has 0 aliphatic rings. The topological polar surface area (TPSA) is 56.2 Å². The third kappa shape index (κ3) is 1.28. The third-order valence-corrected chi connectivity index (χ3v) is 0.941. The van der Waals surface area contributed by atoms with Crippen molar-refractivity contribution in [2.24, 2.45) is 18.0 Å². The highest BCUT2D eigenvalue weighted by atomic mass is 15.3. The van der Waals surface area contributed by atoms with Crippen molar-refractivity contribution in [1.29, 1.82) is 0 Å². The van der Waals surface area contributed by atoms with E-state index in [1.165, 1.54) is 6.21 Å². The summed E-state index contributed by atoms with van der Waals surface area (Å²) < 4.78 is 1.69. The fourth-order valence-corrected chi connectivity index (χ4v) is 0.578. The summed E-state index contributed by atoms with van der Waals surface area (Å²) in [6.45, 7) is 0. The second-order valence-corrected chi connectivity index (χ2v) is 1.69. The molecule has 0 aromatic carbocycles. The van der Waals surface area contributed by atoms with Gasteiger partial charge in [0.05, 0.1) is 6.21 Å². The Bertz CT molecular complexity index is 212. The largest absolute Gasteiger partial charge is 0.323 e. The van der Waals surface area contributed by atoms with E-state index in [1.807, 2.05) is 19.3 Å². The molecule has 48 valence electrons. The van der Waals surface area contributed by atoms with Gasteiger partial charge in [0, 0.05) is 13.2 Å². The zero-order chi connectivity index (χ0) is 6.69. The number of nitrogens with zero attached hydrogens (tertiary/aromatic N) is 3. The van der Waals surface area contributed by atoms with Crippen molar-refractivity contribution in [2.75, 3.05) is 0 Å². The molecule has 0 saturated heterocycles. The van der Waals surface area contributed by atoms with Crippen LogP contribution in [0.15, 0.2) is 17.4 Å². The first-order chi connectivity index (χ1) is 4.33. The van der Waals surface area contributed by atoms with Gasteiger partial charge in [-0.15, -0.1) is 0 Å². The van der Waals surface area contributed by atoms with Gasteiger partial charge in [-0.3, -0.25) is 4.68 Å². The van der Waals surface area contributed by atoms with E-state index in [-0.39, 0.29) is 0 Å². The maximum Gasteiger partial charge on any atom is 0.105 e. The lowest BCUT2D eigenvalue weighted by Crippen LogP contribution is -1.91. The van der Waals surface area contributed by atoms with Crippen molar-refractivity contribution in [1.82, 2.24) is 9.78 Å². The summed E-state index contributed by atoms with van der Waals surface area (Å²) in [6.07, 6.45) is 3.33. The maximum absolute atomic E-state index is 4.89. The van der Waals surface area contributed by atoms with E-state index in [0.29, 0.717) is 0 Å². The van der Waals surface area contributed by atoms with Gasteiger partial charge in [0.15, 0.2) is 0 Å². The Kier molecular flexibility index (Phi) is 1.48. The first kappa shape index (κ1) is 5.81. The molecule has 0 radical (unpaired) electrons. The number of aromatic nitrogens is 2. The molecule has 1 aromatic heterocycles. The number of rotatable bonds is 1. The summed E-state index contributed by atoms with van der Waals surface area (Å²) in [7, 11) is 1.84. The van der Waals surface area contributed by atoms with Crippen molar-refractivity contribution < 1.29 is 0 Å². The van der Waals surface area contributed by atoms with Crippen LogP contribution < -0.4 is 5.84 Å². The van der Waals surface area contributed by atoms with E-state index in [9.17, 15) is 0 Å². The average molecular weight is 124 g/mol. The minimum Gasteiger partial charge on any atom is -0.323 e. The van der Waals surface area contributed by atoms with E-state index >= 15 is 0 Å². The van der Waals surface area contributed by atoms with Gasteiger partial charge in [-0.1, -0.05) is 0 Å². The van der Waals surface area contributed by atoms with Crippen LogP contribution in [0.25, 0.3) is 0 Å². The van der Waals surface area contributed by atoms with Crippen molar-refractivity contribution in [3.8, 4) is 0 Å². The molecule has 0 saturated carbocycles. The number of aryl methyl sites for hydroxylation is 1. The quantitative estimate of drug-likeness (QED) is 0.318. The van der Waals surface area contributed by atoms with Crippen LogP contribution in [0.3, 0.4) is 0 Å². The van der Waals surface area contributed by atoms with E-state index < -0.39 is 0 Å². The van der Waals surface area contributed by atoms with Gasteiger partial charge in [-0.05, 0) is 6.07 Å². The molecule has 0 bridgehead atoms. The molecule has 4 nitrogen and oxygen atoms in total. The Hall–Kier alpha value is -1.32. The molecule has 1 heterocycles. The van der Waals surface area contributed by atoms with Crippen LogP contribution in [-0.2, 0) is 7.05 Å². The first-order valence-corrected chi connectivity index (χ1v) is 2.56. The number of hydrogen-bond acceptors (Lipinski definition) is 3. The van der Waals surface area contributed by atoms with Crippen LogP contribution in [0.1, 0.15) is 5.69 Å². The predicted octanol–water partition coefficient (Wildman–Crippen LogP) is -0.287. The Balaban J connectivity index is 2.85. The molecule has 0 fully saturated rings. The smallest absolute Gasteiger partial charge is 0.105 e. The van der Waals surface area contributed by atoms with Crippen molar-refractivity contribution in [2.45, 2.75) is 0 Å². The molecule has 9 heavy (non-hydrogen) atoms. The lowest BCUT2D eigenvalue weighted by atomic mass is 10.5. The van der Waals surface area contributed by atoms with Gasteiger partial charge in [0.1, 0.15) is 5.69 Å². The van der Waals surface area contributed by atoms with Crippen LogP contribution in [0, 0.1) is 0 Å². The average Bonchev–Trinajstić information content (AvgIpc) is 2.17. The zero-order valence-electron chi connectivity index (χ0n) is 5.15. The zero-order valence-corrected chi connectivity index (χ0v) is 5.15. The van der Waals surface area contributed by atoms with Gasteiger partial charge in [0.25, 0.3) is 0 Å². The minimum atomic E-state index is 0.778. The number of nitrogens with two attached hydrogens (primary N) is 1. The normalized spacial score (nSPS) is 10.8. The monoisotopic (exact) mass is 124 g/mol. The molecule has 1 rings (SSSR count). The van der Waals surface area contributed by atoms with Gasteiger partial charge in [0.2, 0.25) is 0 Å². The van der Waals surface area contributed by atoms with Crippen LogP contribution >= 0.6 is 0 Å². The molecule has 4 heteroatoms. The van der Waals surface area contributed by atoms with E-state index in [2.05, 4.69) is 10.2 Å². The van der Waals surface area contributed by atoms with E-state index in [1.54, 1.807) is 4.68 Å². The summed E-state index contributed by atoms with van der Waals surface area (Å²) in [6, 6.07) is 1.83. The second kappa shape index (κ2) is 2.30. The lowest BCUT2D eigenvalue weighted by molar-refractivity contribution is 0.765. The maximum atomic E-state index is 4.89. The lowest BCUT2D eigenvalue weighted by Gasteiger charge is -1.81. The van der Waals surface area contributed by atoms with E-state index in [4.69, 9.17) is 5.84 Å². The Labute approximate surface area is 53.0 Å². The van der Waals surface area contributed by atoms with Crippen molar-refractivity contribution in [3.63, 3.8) is 0 Å². The summed E-state index contributed by atoms with van der Waals surface area (Å²) in [5, 5.41) is 7.31. The molecule has 0 amide bonds. The van der Waals surface area contributed by atoms with Crippen molar-refractivity contribution >= 4 is 6.21 Å². The standard InChI is InChI=1S/C5H8N4/c1-9-3-2-5(8-9)4-7-6/h2-4H,6H2,1H3/b7-4+. The molecule has 0 aliphatic heterocycles.